The third-order valence-corrected chi connectivity index (χ3v) is 3.80. The van der Waals surface area contributed by atoms with Crippen LogP contribution in [0.3, 0.4) is 0 Å². The lowest BCUT2D eigenvalue weighted by Crippen LogP contribution is -2.39. The summed E-state index contributed by atoms with van der Waals surface area (Å²) >= 11 is 0. The lowest BCUT2D eigenvalue weighted by Gasteiger charge is -2.23. The highest BCUT2D eigenvalue weighted by atomic mass is 16.5. The molecule has 0 bridgehead atoms. The highest BCUT2D eigenvalue weighted by Gasteiger charge is 2.12. The highest BCUT2D eigenvalue weighted by Crippen LogP contribution is 2.09. The summed E-state index contributed by atoms with van der Waals surface area (Å²) in [6.45, 7) is 5.12. The van der Waals surface area contributed by atoms with E-state index in [0.717, 1.165) is 25.3 Å². The minimum atomic E-state index is 0.0887. The van der Waals surface area contributed by atoms with Gasteiger partial charge in [-0.25, -0.2) is 0 Å². The van der Waals surface area contributed by atoms with Crippen LogP contribution >= 0.6 is 0 Å². The number of rotatable bonds is 6. The number of hydrogen-bond donors (Lipinski definition) is 1. The summed E-state index contributed by atoms with van der Waals surface area (Å²) in [6.07, 6.45) is 7.68. The Balaban J connectivity index is 1.64. The van der Waals surface area contributed by atoms with E-state index in [4.69, 9.17) is 4.52 Å². The normalized spacial score (nSPS) is 17.2. The van der Waals surface area contributed by atoms with E-state index in [1.165, 1.54) is 32.1 Å². The number of aryl methyl sites for hydroxylation is 1. The van der Waals surface area contributed by atoms with Crippen molar-refractivity contribution in [1.82, 2.24) is 20.4 Å². The highest BCUT2D eigenvalue weighted by molar-refractivity contribution is 5.77. The van der Waals surface area contributed by atoms with Gasteiger partial charge in [-0.05, 0) is 25.9 Å². The largest absolute Gasteiger partial charge is 0.354 e. The number of aromatic nitrogens is 2. The zero-order valence-electron chi connectivity index (χ0n) is 12.9. The van der Waals surface area contributed by atoms with E-state index in [1.807, 2.05) is 6.92 Å². The minimum Gasteiger partial charge on any atom is -0.354 e. The molecule has 2 rings (SSSR count). The fourth-order valence-corrected chi connectivity index (χ4v) is 2.57. The fraction of sp³-hybridized carbons (Fsp3) is 0.800. The maximum Gasteiger partial charge on any atom is 0.234 e. The molecule has 0 unspecified atom stereocenters. The van der Waals surface area contributed by atoms with E-state index in [-0.39, 0.29) is 5.91 Å². The van der Waals surface area contributed by atoms with E-state index in [0.29, 0.717) is 25.4 Å². The maximum atomic E-state index is 11.9. The molecule has 0 radical (unpaired) electrons. The molecule has 0 spiro atoms. The Labute approximate surface area is 126 Å². The Kier molecular flexibility index (Phi) is 6.66. The van der Waals surface area contributed by atoms with E-state index in [9.17, 15) is 4.79 Å². The summed E-state index contributed by atoms with van der Waals surface area (Å²) in [5.41, 5.74) is 0. The third-order valence-electron chi connectivity index (χ3n) is 3.80. The van der Waals surface area contributed by atoms with E-state index in [1.54, 1.807) is 0 Å². The topological polar surface area (TPSA) is 71.3 Å². The van der Waals surface area contributed by atoms with Crippen molar-refractivity contribution in [2.75, 3.05) is 26.2 Å². The molecule has 118 valence electrons. The molecule has 1 N–H and O–H groups in total. The van der Waals surface area contributed by atoms with Crippen LogP contribution < -0.4 is 5.32 Å². The van der Waals surface area contributed by atoms with Crippen LogP contribution in [0, 0.1) is 0 Å². The minimum absolute atomic E-state index is 0.0887. The Morgan fingerprint density at radius 1 is 1.24 bits per heavy atom. The van der Waals surface area contributed by atoms with Crippen molar-refractivity contribution in [2.24, 2.45) is 0 Å². The molecule has 1 aromatic rings. The first-order valence-electron chi connectivity index (χ1n) is 8.08. The molecule has 0 saturated carbocycles. The second-order valence-corrected chi connectivity index (χ2v) is 5.60. The van der Waals surface area contributed by atoms with Gasteiger partial charge in [0.15, 0.2) is 5.82 Å². The second kappa shape index (κ2) is 8.77. The van der Waals surface area contributed by atoms with Crippen molar-refractivity contribution < 1.29 is 9.32 Å². The first-order valence-corrected chi connectivity index (χ1v) is 8.08. The summed E-state index contributed by atoms with van der Waals surface area (Å²) in [6, 6.07) is 0. The average Bonchev–Trinajstić information content (AvgIpc) is 2.90. The van der Waals surface area contributed by atoms with Gasteiger partial charge < -0.3 is 9.84 Å². The molecule has 0 aliphatic carbocycles. The van der Waals surface area contributed by atoms with Crippen LogP contribution in [-0.4, -0.2) is 47.1 Å². The van der Waals surface area contributed by atoms with Gasteiger partial charge in [0.1, 0.15) is 0 Å². The van der Waals surface area contributed by atoms with Gasteiger partial charge >= 0.3 is 0 Å². The third kappa shape index (κ3) is 5.83. The molecular weight excluding hydrogens is 268 g/mol. The predicted molar refractivity (Wildman–Crippen MR) is 79.9 cm³/mol. The molecule has 2 heterocycles. The summed E-state index contributed by atoms with van der Waals surface area (Å²) in [7, 11) is 0. The van der Waals surface area contributed by atoms with Crippen molar-refractivity contribution in [3.8, 4) is 0 Å². The summed E-state index contributed by atoms with van der Waals surface area (Å²) in [4.78, 5) is 18.4. The SMILES string of the molecule is CCc1noc(CCNC(=O)CN2CCCCCCC2)n1. The standard InChI is InChI=1S/C15H26N4O2/c1-2-13-17-15(21-18-13)8-9-16-14(20)12-19-10-6-4-3-5-7-11-19/h2-12H2,1H3,(H,16,20). The Bertz CT molecular complexity index is 425. The van der Waals surface area contributed by atoms with Crippen molar-refractivity contribution in [1.29, 1.82) is 0 Å². The average molecular weight is 294 g/mol. The van der Waals surface area contributed by atoms with Crippen LogP contribution in [0.4, 0.5) is 0 Å². The molecule has 0 atom stereocenters. The maximum absolute atomic E-state index is 11.9. The monoisotopic (exact) mass is 294 g/mol. The van der Waals surface area contributed by atoms with Crippen LogP contribution in [0.5, 0.6) is 0 Å². The molecule has 1 aliphatic heterocycles. The summed E-state index contributed by atoms with van der Waals surface area (Å²) < 4.78 is 5.09. The quantitative estimate of drug-likeness (QED) is 0.862. The molecule has 1 saturated heterocycles. The number of likely N-dealkylation sites (tertiary alicyclic amines) is 1. The van der Waals surface area contributed by atoms with E-state index >= 15 is 0 Å². The smallest absolute Gasteiger partial charge is 0.234 e. The van der Waals surface area contributed by atoms with Crippen LogP contribution in [0.2, 0.25) is 0 Å². The van der Waals surface area contributed by atoms with Crippen molar-refractivity contribution in [3.05, 3.63) is 11.7 Å². The van der Waals surface area contributed by atoms with Gasteiger partial charge in [-0.15, -0.1) is 0 Å². The predicted octanol–water partition coefficient (Wildman–Crippen LogP) is 1.56. The zero-order chi connectivity index (χ0) is 14.9. The molecule has 6 heteroatoms. The van der Waals surface area contributed by atoms with Crippen molar-refractivity contribution in [2.45, 2.75) is 51.9 Å². The number of nitrogens with one attached hydrogen (secondary N) is 1. The molecule has 1 aliphatic rings. The number of hydrogen-bond acceptors (Lipinski definition) is 5. The number of carbonyl (C=O) groups is 1. The Morgan fingerprint density at radius 3 is 2.62 bits per heavy atom. The number of carbonyl (C=O) groups excluding carboxylic acids is 1. The van der Waals surface area contributed by atoms with Crippen molar-refractivity contribution in [3.63, 3.8) is 0 Å². The van der Waals surface area contributed by atoms with Gasteiger partial charge in [0.05, 0.1) is 6.54 Å². The van der Waals surface area contributed by atoms with Gasteiger partial charge in [0, 0.05) is 19.4 Å². The first-order chi connectivity index (χ1) is 10.3. The van der Waals surface area contributed by atoms with Gasteiger partial charge in [0.2, 0.25) is 11.8 Å². The van der Waals surface area contributed by atoms with Gasteiger partial charge in [-0.1, -0.05) is 31.3 Å². The molecule has 21 heavy (non-hydrogen) atoms. The number of amides is 1. The van der Waals surface area contributed by atoms with Crippen LogP contribution in [0.1, 0.15) is 50.7 Å². The van der Waals surface area contributed by atoms with Gasteiger partial charge in [0.25, 0.3) is 0 Å². The first kappa shape index (κ1) is 15.9. The van der Waals surface area contributed by atoms with Gasteiger partial charge in [-0.3, -0.25) is 9.69 Å². The zero-order valence-corrected chi connectivity index (χ0v) is 12.9. The van der Waals surface area contributed by atoms with Gasteiger partial charge in [-0.2, -0.15) is 4.98 Å². The fourth-order valence-electron chi connectivity index (χ4n) is 2.57. The lowest BCUT2D eigenvalue weighted by molar-refractivity contribution is -0.122. The van der Waals surface area contributed by atoms with Crippen molar-refractivity contribution >= 4 is 5.91 Å². The molecule has 1 aromatic heterocycles. The molecule has 6 nitrogen and oxygen atoms in total. The Hall–Kier alpha value is -1.43. The molecule has 0 aromatic carbocycles. The lowest BCUT2D eigenvalue weighted by atomic mass is 10.1. The summed E-state index contributed by atoms with van der Waals surface area (Å²) in [5.74, 6) is 1.40. The Morgan fingerprint density at radius 2 is 1.95 bits per heavy atom. The van der Waals surface area contributed by atoms with Crippen LogP contribution in [0.15, 0.2) is 4.52 Å². The summed E-state index contributed by atoms with van der Waals surface area (Å²) in [5, 5.41) is 6.77. The number of nitrogens with zero attached hydrogens (tertiary/aromatic N) is 3. The van der Waals surface area contributed by atoms with E-state index < -0.39 is 0 Å². The molecule has 1 amide bonds. The molecular formula is C15H26N4O2. The van der Waals surface area contributed by atoms with Crippen LogP contribution in [0.25, 0.3) is 0 Å². The molecule has 1 fully saturated rings. The van der Waals surface area contributed by atoms with Crippen LogP contribution in [-0.2, 0) is 17.6 Å². The van der Waals surface area contributed by atoms with E-state index in [2.05, 4.69) is 20.4 Å². The second-order valence-electron chi connectivity index (χ2n) is 5.60.